The number of carbonyl (C=O) groups excluding carboxylic acids is 1. The van der Waals surface area contributed by atoms with Crippen molar-refractivity contribution in [2.24, 2.45) is 5.10 Å². The fourth-order valence-electron chi connectivity index (χ4n) is 1.24. The second-order valence-corrected chi connectivity index (χ2v) is 5.14. The summed E-state index contributed by atoms with van der Waals surface area (Å²) < 4.78 is 0. The van der Waals surface area contributed by atoms with Crippen molar-refractivity contribution in [2.45, 2.75) is 26.0 Å². The molecule has 0 aliphatic rings. The van der Waals surface area contributed by atoms with Gasteiger partial charge in [0.25, 0.3) is 5.69 Å². The monoisotopic (exact) mass is 295 g/mol. The number of thioether (sulfide) groups is 1. The van der Waals surface area contributed by atoms with Crippen LogP contribution in [0.3, 0.4) is 0 Å². The lowest BCUT2D eigenvalue weighted by Crippen LogP contribution is -2.20. The Bertz CT molecular complexity index is 500. The highest BCUT2D eigenvalue weighted by molar-refractivity contribution is 7.99. The summed E-state index contributed by atoms with van der Waals surface area (Å²) >= 11 is 1.44. The highest BCUT2D eigenvalue weighted by atomic mass is 32.2. The number of nitrogens with one attached hydrogen (secondary N) is 1. The molecule has 0 spiro atoms. The Morgan fingerprint density at radius 1 is 1.40 bits per heavy atom. The third-order valence-corrected chi connectivity index (χ3v) is 3.54. The first-order valence-corrected chi connectivity index (χ1v) is 7.31. The third kappa shape index (κ3) is 5.83. The predicted octanol–water partition coefficient (Wildman–Crippen LogP) is 2.73. The summed E-state index contributed by atoms with van der Waals surface area (Å²) in [6.07, 6.45) is 0.802. The summed E-state index contributed by atoms with van der Waals surface area (Å²) in [6, 6.07) is 6.32. The minimum absolute atomic E-state index is 0.0703. The molecular weight excluding hydrogens is 278 g/mol. The molecule has 1 aromatic rings. The minimum Gasteiger partial charge on any atom is -0.272 e. The zero-order chi connectivity index (χ0) is 15.0. The number of nitrogens with zero attached hydrogens (tertiary/aromatic N) is 2. The van der Waals surface area contributed by atoms with E-state index in [0.29, 0.717) is 11.5 Å². The highest BCUT2D eigenvalue weighted by Crippen LogP contribution is 2.16. The fourth-order valence-corrected chi connectivity index (χ4v) is 2.02. The van der Waals surface area contributed by atoms with Crippen LogP contribution >= 0.6 is 11.8 Å². The molecule has 0 saturated carbocycles. The Labute approximate surface area is 121 Å². The number of nitro benzene ring substituents is 1. The molecule has 0 aromatic heterocycles. The van der Waals surface area contributed by atoms with Gasteiger partial charge in [0.1, 0.15) is 0 Å². The Morgan fingerprint density at radius 2 is 2.05 bits per heavy atom. The summed E-state index contributed by atoms with van der Waals surface area (Å²) in [5.74, 6) is 0.782. The van der Waals surface area contributed by atoms with E-state index in [0.717, 1.165) is 17.7 Å². The smallest absolute Gasteiger partial charge is 0.269 e. The van der Waals surface area contributed by atoms with Gasteiger partial charge >= 0.3 is 0 Å². The lowest BCUT2D eigenvalue weighted by molar-refractivity contribution is -0.384. The van der Waals surface area contributed by atoms with Crippen molar-refractivity contribution < 1.29 is 9.72 Å². The average Bonchev–Trinajstić information content (AvgIpc) is 2.45. The van der Waals surface area contributed by atoms with Gasteiger partial charge < -0.3 is 0 Å². The maximum Gasteiger partial charge on any atom is 0.269 e. The first-order chi connectivity index (χ1) is 9.52. The van der Waals surface area contributed by atoms with Crippen LogP contribution < -0.4 is 5.43 Å². The van der Waals surface area contributed by atoms with Gasteiger partial charge in [-0.1, -0.05) is 19.1 Å². The topological polar surface area (TPSA) is 84.6 Å². The number of carbonyl (C=O) groups is 1. The van der Waals surface area contributed by atoms with E-state index >= 15 is 0 Å². The number of amides is 1. The third-order valence-electron chi connectivity index (χ3n) is 2.53. The number of rotatable bonds is 7. The van der Waals surface area contributed by atoms with Crippen molar-refractivity contribution in [2.75, 3.05) is 5.75 Å². The molecular formula is C13H17N3O3S. The first kappa shape index (κ1) is 16.2. The van der Waals surface area contributed by atoms with Gasteiger partial charge in [-0.2, -0.15) is 5.10 Å². The summed E-state index contributed by atoms with van der Waals surface area (Å²) in [7, 11) is 0. The summed E-state index contributed by atoms with van der Waals surface area (Å²) in [4.78, 5) is 21.5. The van der Waals surface area contributed by atoms with Gasteiger partial charge in [0.2, 0.25) is 5.91 Å². The van der Waals surface area contributed by atoms with E-state index in [9.17, 15) is 14.9 Å². The standard InChI is InChI=1S/C13H17N3O3S/c1-3-10(2)14-15-13(17)9-20-8-11-4-6-12(7-5-11)16(18)19/h4-7H,3,8-9H2,1-2H3,(H,15,17)/b14-10-. The Hall–Kier alpha value is -1.89. The summed E-state index contributed by atoms with van der Waals surface area (Å²) in [5.41, 5.74) is 4.37. The summed E-state index contributed by atoms with van der Waals surface area (Å²) in [5, 5.41) is 14.4. The van der Waals surface area contributed by atoms with Gasteiger partial charge in [0.05, 0.1) is 10.7 Å². The molecule has 1 aromatic carbocycles. The van der Waals surface area contributed by atoms with Crippen molar-refractivity contribution in [1.29, 1.82) is 0 Å². The molecule has 0 bridgehead atoms. The maximum absolute atomic E-state index is 11.5. The highest BCUT2D eigenvalue weighted by Gasteiger charge is 2.05. The Morgan fingerprint density at radius 3 is 2.60 bits per heavy atom. The minimum atomic E-state index is -0.432. The molecule has 20 heavy (non-hydrogen) atoms. The Balaban J connectivity index is 2.33. The maximum atomic E-state index is 11.5. The zero-order valence-corrected chi connectivity index (χ0v) is 12.3. The number of non-ortho nitro benzene ring substituents is 1. The molecule has 0 heterocycles. The molecule has 0 unspecified atom stereocenters. The van der Waals surface area contributed by atoms with Gasteiger partial charge in [-0.25, -0.2) is 5.43 Å². The number of hydrazone groups is 1. The number of hydrogen-bond donors (Lipinski definition) is 1. The molecule has 0 fully saturated rings. The van der Waals surface area contributed by atoms with E-state index in [2.05, 4.69) is 10.5 Å². The van der Waals surface area contributed by atoms with Crippen LogP contribution in [0.5, 0.6) is 0 Å². The van der Waals surface area contributed by atoms with Gasteiger partial charge in [-0.3, -0.25) is 14.9 Å². The van der Waals surface area contributed by atoms with Crippen LogP contribution in [0.1, 0.15) is 25.8 Å². The van der Waals surface area contributed by atoms with Gasteiger partial charge in [0, 0.05) is 23.6 Å². The van der Waals surface area contributed by atoms with Crippen molar-refractivity contribution in [3.05, 3.63) is 39.9 Å². The molecule has 0 atom stereocenters. The van der Waals surface area contributed by atoms with Gasteiger partial charge in [0.15, 0.2) is 0 Å². The van der Waals surface area contributed by atoms with Gasteiger partial charge in [-0.15, -0.1) is 11.8 Å². The van der Waals surface area contributed by atoms with Crippen molar-refractivity contribution in [3.8, 4) is 0 Å². The normalized spacial score (nSPS) is 11.2. The van der Waals surface area contributed by atoms with Crippen LogP contribution in [-0.4, -0.2) is 22.3 Å². The van der Waals surface area contributed by atoms with Crippen LogP contribution in [0, 0.1) is 10.1 Å². The van der Waals surface area contributed by atoms with E-state index in [-0.39, 0.29) is 11.6 Å². The lowest BCUT2D eigenvalue weighted by atomic mass is 10.2. The van der Waals surface area contributed by atoms with E-state index < -0.39 is 4.92 Å². The van der Waals surface area contributed by atoms with Crippen LogP contribution in [0.2, 0.25) is 0 Å². The molecule has 6 nitrogen and oxygen atoms in total. The predicted molar refractivity (Wildman–Crippen MR) is 80.8 cm³/mol. The molecule has 1 N–H and O–H groups in total. The van der Waals surface area contributed by atoms with Crippen LogP contribution in [0.25, 0.3) is 0 Å². The van der Waals surface area contributed by atoms with Crippen molar-refractivity contribution in [3.63, 3.8) is 0 Å². The molecule has 108 valence electrons. The fraction of sp³-hybridized carbons (Fsp3) is 0.385. The number of nitro groups is 1. The number of benzene rings is 1. The van der Waals surface area contributed by atoms with E-state index in [1.165, 1.54) is 23.9 Å². The van der Waals surface area contributed by atoms with E-state index in [1.807, 2.05) is 13.8 Å². The van der Waals surface area contributed by atoms with E-state index in [1.54, 1.807) is 12.1 Å². The molecule has 1 amide bonds. The summed E-state index contributed by atoms with van der Waals surface area (Å²) in [6.45, 7) is 3.82. The molecule has 0 saturated heterocycles. The second kappa shape index (κ2) is 8.31. The average molecular weight is 295 g/mol. The quantitative estimate of drug-likeness (QED) is 0.476. The number of hydrogen-bond acceptors (Lipinski definition) is 5. The zero-order valence-electron chi connectivity index (χ0n) is 11.5. The molecule has 0 aliphatic carbocycles. The molecule has 0 aliphatic heterocycles. The Kier molecular flexibility index (Phi) is 6.72. The van der Waals surface area contributed by atoms with Crippen molar-refractivity contribution in [1.82, 2.24) is 5.43 Å². The SMILES string of the molecule is CC/C(C)=N\NC(=O)CSCc1ccc([N+](=O)[O-])cc1. The van der Waals surface area contributed by atoms with Crippen LogP contribution in [0.15, 0.2) is 29.4 Å². The largest absolute Gasteiger partial charge is 0.272 e. The van der Waals surface area contributed by atoms with Gasteiger partial charge in [-0.05, 0) is 18.9 Å². The second-order valence-electron chi connectivity index (χ2n) is 4.15. The van der Waals surface area contributed by atoms with E-state index in [4.69, 9.17) is 0 Å². The van der Waals surface area contributed by atoms with Crippen LogP contribution in [0.4, 0.5) is 5.69 Å². The van der Waals surface area contributed by atoms with Crippen LogP contribution in [-0.2, 0) is 10.5 Å². The molecule has 1 rings (SSSR count). The first-order valence-electron chi connectivity index (χ1n) is 6.16. The lowest BCUT2D eigenvalue weighted by Gasteiger charge is -2.02. The molecule has 0 radical (unpaired) electrons. The molecule has 7 heteroatoms. The van der Waals surface area contributed by atoms with Crippen molar-refractivity contribution >= 4 is 29.1 Å².